The Bertz CT molecular complexity index is 661. The van der Waals surface area contributed by atoms with Gasteiger partial charge >= 0.3 is 41.5 Å². The summed E-state index contributed by atoms with van der Waals surface area (Å²) in [5.74, 6) is -4.91. The van der Waals surface area contributed by atoms with E-state index in [0.717, 1.165) is 51.4 Å². The predicted molar refractivity (Wildman–Crippen MR) is 138 cm³/mol. The number of unbranched alkanes of at least 4 members (excludes halogenated alkanes) is 16. The molecule has 9 heteroatoms. The zero-order chi connectivity index (χ0) is 25.9. The fourth-order valence-electron chi connectivity index (χ4n) is 4.76. The van der Waals surface area contributed by atoms with E-state index < -0.39 is 32.7 Å². The van der Waals surface area contributed by atoms with Crippen LogP contribution in [0, 0.1) is 5.92 Å². The molecule has 7 nitrogen and oxygen atoms in total. The van der Waals surface area contributed by atoms with Crippen LogP contribution in [0.4, 0.5) is 0 Å². The first-order chi connectivity index (χ1) is 16.1. The van der Waals surface area contributed by atoms with Crippen LogP contribution in [0.25, 0.3) is 0 Å². The van der Waals surface area contributed by atoms with Gasteiger partial charge in [0.15, 0.2) is 0 Å². The van der Waals surface area contributed by atoms with Gasteiger partial charge < -0.3 is 11.6 Å². The van der Waals surface area contributed by atoms with Crippen molar-refractivity contribution in [2.75, 3.05) is 0 Å². The number of hydrogen-bond acceptors (Lipinski definition) is 4. The maximum absolute atomic E-state index is 12.3. The van der Waals surface area contributed by atoms with E-state index in [0.29, 0.717) is 12.8 Å². The molecule has 0 spiro atoms. The van der Waals surface area contributed by atoms with E-state index in [1.54, 1.807) is 0 Å². The number of carbonyl (C=O) groups is 2. The van der Waals surface area contributed by atoms with Crippen LogP contribution in [0.2, 0.25) is 0 Å². The van der Waals surface area contributed by atoms with Gasteiger partial charge in [0.2, 0.25) is 4.75 Å². The monoisotopic (exact) mass is 530 g/mol. The molecule has 2 atom stereocenters. The summed E-state index contributed by atoms with van der Waals surface area (Å²) in [5, 5.41) is 19.6. The third-order valence-corrected chi connectivity index (χ3v) is 8.52. The second-order valence-corrected chi connectivity index (χ2v) is 11.4. The molecule has 0 bridgehead atoms. The summed E-state index contributed by atoms with van der Waals surface area (Å²) < 4.78 is 31.8. The van der Waals surface area contributed by atoms with Gasteiger partial charge in [0, 0.05) is 0 Å². The molecule has 0 radical (unpaired) electrons. The summed E-state index contributed by atoms with van der Waals surface area (Å²) in [6, 6.07) is 0. The second-order valence-electron chi connectivity index (χ2n) is 9.76. The molecule has 0 aliphatic carbocycles. The summed E-state index contributed by atoms with van der Waals surface area (Å²) >= 11 is 0. The largest absolute Gasteiger partial charge is 1.00 e. The molecule has 0 aromatic rings. The predicted octanol–water partition coefficient (Wildman–Crippen LogP) is 4.36. The number of rotatable bonds is 24. The van der Waals surface area contributed by atoms with E-state index in [4.69, 9.17) is 0 Å². The average Bonchev–Trinajstić information content (AvgIpc) is 2.76. The van der Waals surface area contributed by atoms with Crippen LogP contribution >= 0.6 is 0 Å². The minimum absolute atomic E-state index is 0. The minimum atomic E-state index is -5.12. The van der Waals surface area contributed by atoms with Crippen molar-refractivity contribution >= 4 is 22.1 Å². The molecule has 0 aromatic carbocycles. The van der Waals surface area contributed by atoms with Crippen LogP contribution in [0.3, 0.4) is 0 Å². The first kappa shape index (κ1) is 37.0. The normalized spacial score (nSPS) is 14.1. The number of carboxylic acid groups (broad SMARTS) is 2. The Morgan fingerprint density at radius 3 is 1.34 bits per heavy atom. The molecule has 0 fully saturated rings. The number of aliphatic carboxylic acids is 2. The first-order valence-corrected chi connectivity index (χ1v) is 15.0. The smallest absolute Gasteiger partial charge is 1.00 e. The third kappa shape index (κ3) is 15.0. The maximum atomic E-state index is 12.3. The molecule has 0 aliphatic rings. The number of carboxylic acids is 2. The quantitative estimate of drug-likeness (QED) is 0.0961. The van der Waals surface area contributed by atoms with Gasteiger partial charge in [0.05, 0.1) is 5.92 Å². The van der Waals surface area contributed by atoms with Gasteiger partial charge in [-0.15, -0.1) is 0 Å². The Morgan fingerprint density at radius 2 is 1.03 bits per heavy atom. The molecular formula is C26H51NaO7S. The van der Waals surface area contributed by atoms with Crippen molar-refractivity contribution < 1.29 is 63.8 Å². The molecule has 0 saturated heterocycles. The fraction of sp³-hybridized carbons (Fsp3) is 0.923. The molecule has 0 rings (SSSR count). The van der Waals surface area contributed by atoms with Gasteiger partial charge in [-0.2, -0.15) is 8.42 Å². The molecule has 204 valence electrons. The summed E-state index contributed by atoms with van der Waals surface area (Å²) in [7, 11) is -5.12. The van der Waals surface area contributed by atoms with Crippen molar-refractivity contribution in [3.05, 3.63) is 0 Å². The molecule has 0 aliphatic heterocycles. The van der Waals surface area contributed by atoms with Crippen LogP contribution in [0.15, 0.2) is 0 Å². The van der Waals surface area contributed by atoms with E-state index in [2.05, 4.69) is 13.8 Å². The summed E-state index contributed by atoms with van der Waals surface area (Å²) in [6.45, 7) is 4.32. The van der Waals surface area contributed by atoms with Crippen molar-refractivity contribution in [2.24, 2.45) is 5.92 Å². The molecule has 2 unspecified atom stereocenters. The molecule has 0 heterocycles. The van der Waals surface area contributed by atoms with Crippen molar-refractivity contribution in [1.29, 1.82) is 0 Å². The van der Waals surface area contributed by atoms with Gasteiger partial charge in [-0.3, -0.25) is 14.1 Å². The average molecular weight is 531 g/mol. The fourth-order valence-corrected chi connectivity index (χ4v) is 5.96. The third-order valence-electron chi connectivity index (χ3n) is 6.93. The standard InChI is InChI=1S/C26H50O7S.Na.H/c1-3-5-7-9-11-13-15-17-19-21-23(24(27)28)26(25(29)30,34(31,32)33)22-20-18-16-14-12-10-8-6-4-2;;/h23H,3-22H2,1-2H3,(H,27,28)(H,29,30)(H,31,32,33);;/q;+1;-1. The van der Waals surface area contributed by atoms with Crippen molar-refractivity contribution in [3.8, 4) is 0 Å². The van der Waals surface area contributed by atoms with E-state index in [1.165, 1.54) is 44.9 Å². The van der Waals surface area contributed by atoms with Gasteiger partial charge in [-0.1, -0.05) is 129 Å². The van der Waals surface area contributed by atoms with Crippen LogP contribution < -0.4 is 29.6 Å². The van der Waals surface area contributed by atoms with Gasteiger partial charge in [-0.05, 0) is 12.8 Å². The minimum Gasteiger partial charge on any atom is -1.00 e. The van der Waals surface area contributed by atoms with Gasteiger partial charge in [0.25, 0.3) is 10.1 Å². The van der Waals surface area contributed by atoms with Gasteiger partial charge in [0.1, 0.15) is 0 Å². The van der Waals surface area contributed by atoms with Crippen molar-refractivity contribution in [2.45, 2.75) is 147 Å². The zero-order valence-electron chi connectivity index (χ0n) is 23.6. The van der Waals surface area contributed by atoms with E-state index in [9.17, 15) is 32.8 Å². The molecule has 3 N–H and O–H groups in total. The van der Waals surface area contributed by atoms with Crippen LogP contribution in [-0.2, 0) is 19.7 Å². The Labute approximate surface area is 237 Å². The van der Waals surface area contributed by atoms with Gasteiger partial charge in [-0.25, -0.2) is 0 Å². The maximum Gasteiger partial charge on any atom is 1.00 e. The summed E-state index contributed by atoms with van der Waals surface area (Å²) in [5.41, 5.74) is 0. The van der Waals surface area contributed by atoms with E-state index in [-0.39, 0.29) is 50.2 Å². The number of hydrogen-bond donors (Lipinski definition) is 3. The van der Waals surface area contributed by atoms with E-state index in [1.807, 2.05) is 0 Å². The summed E-state index contributed by atoms with van der Waals surface area (Å²) in [6.07, 6.45) is 17.0. The van der Waals surface area contributed by atoms with Crippen molar-refractivity contribution in [3.63, 3.8) is 0 Å². The van der Waals surface area contributed by atoms with Crippen LogP contribution in [0.5, 0.6) is 0 Å². The van der Waals surface area contributed by atoms with Crippen LogP contribution in [-0.4, -0.2) is 39.9 Å². The molecule has 0 aromatic heterocycles. The van der Waals surface area contributed by atoms with Crippen LogP contribution in [0.1, 0.15) is 144 Å². The Balaban J connectivity index is -0.00000544. The first-order valence-electron chi connectivity index (χ1n) is 13.6. The van der Waals surface area contributed by atoms with Crippen molar-refractivity contribution in [1.82, 2.24) is 0 Å². The Morgan fingerprint density at radius 1 is 0.686 bits per heavy atom. The second kappa shape index (κ2) is 21.9. The molecule has 0 amide bonds. The molecule has 0 saturated carbocycles. The zero-order valence-corrected chi connectivity index (χ0v) is 25.4. The van der Waals surface area contributed by atoms with E-state index >= 15 is 0 Å². The summed E-state index contributed by atoms with van der Waals surface area (Å²) in [4.78, 5) is 24.1. The topological polar surface area (TPSA) is 129 Å². The molecule has 35 heavy (non-hydrogen) atoms. The Hall–Kier alpha value is -0.150. The molecular weight excluding hydrogens is 479 g/mol. The SMILES string of the molecule is CCCCCCCCCCCC(C(=O)O)C(CCCCCCCCCCC)(C(=O)O)S(=O)(=O)O.[H-].[Na+]. The Kier molecular flexibility index (Phi) is 23.1.